The van der Waals surface area contributed by atoms with Crippen molar-refractivity contribution in [1.29, 1.82) is 0 Å². The monoisotopic (exact) mass is 320 g/mol. The Morgan fingerprint density at radius 2 is 2.13 bits per heavy atom. The van der Waals surface area contributed by atoms with Gasteiger partial charge in [0.2, 0.25) is 5.91 Å². The predicted octanol–water partition coefficient (Wildman–Crippen LogP) is 1.36. The first-order valence-corrected chi connectivity index (χ1v) is 8.66. The van der Waals surface area contributed by atoms with Crippen LogP contribution < -0.4 is 0 Å². The van der Waals surface area contributed by atoms with Crippen LogP contribution in [0.25, 0.3) is 0 Å². The van der Waals surface area contributed by atoms with Crippen molar-refractivity contribution in [2.75, 3.05) is 33.8 Å². The summed E-state index contributed by atoms with van der Waals surface area (Å²) < 4.78 is 7.86. The van der Waals surface area contributed by atoms with Gasteiger partial charge in [0.05, 0.1) is 18.3 Å². The Morgan fingerprint density at radius 3 is 2.87 bits per heavy atom. The number of aromatic nitrogens is 2. The fourth-order valence-electron chi connectivity index (χ4n) is 3.69. The molecule has 1 saturated carbocycles. The molecule has 2 heterocycles. The predicted molar refractivity (Wildman–Crippen MR) is 87.9 cm³/mol. The maximum atomic E-state index is 12.6. The van der Waals surface area contributed by atoms with Gasteiger partial charge in [-0.15, -0.1) is 0 Å². The van der Waals surface area contributed by atoms with Gasteiger partial charge in [0.1, 0.15) is 6.61 Å². The zero-order valence-electron chi connectivity index (χ0n) is 14.3. The van der Waals surface area contributed by atoms with Crippen molar-refractivity contribution in [2.45, 2.75) is 44.9 Å². The molecule has 0 aromatic carbocycles. The number of rotatable bonds is 5. The molecule has 0 radical (unpaired) electrons. The van der Waals surface area contributed by atoms with Crippen molar-refractivity contribution in [3.63, 3.8) is 0 Å². The molecule has 2 aliphatic rings. The van der Waals surface area contributed by atoms with E-state index >= 15 is 0 Å². The van der Waals surface area contributed by atoms with E-state index in [1.165, 1.54) is 12.8 Å². The summed E-state index contributed by atoms with van der Waals surface area (Å²) in [6, 6.07) is 2.01. The van der Waals surface area contributed by atoms with Gasteiger partial charge < -0.3 is 14.5 Å². The molecule has 1 aromatic heterocycles. The van der Waals surface area contributed by atoms with Gasteiger partial charge in [-0.1, -0.05) is 12.8 Å². The summed E-state index contributed by atoms with van der Waals surface area (Å²) >= 11 is 0. The number of hydrogen-bond acceptors (Lipinski definition) is 4. The number of fused-ring (bicyclic) bond motifs is 1. The first-order valence-electron chi connectivity index (χ1n) is 8.66. The zero-order chi connectivity index (χ0) is 16.2. The molecule has 1 aromatic rings. The Balaban J connectivity index is 1.63. The molecule has 0 N–H and O–H groups in total. The van der Waals surface area contributed by atoms with Crippen molar-refractivity contribution in [3.05, 3.63) is 18.0 Å². The van der Waals surface area contributed by atoms with Crippen molar-refractivity contribution >= 4 is 5.91 Å². The van der Waals surface area contributed by atoms with E-state index in [9.17, 15) is 4.79 Å². The van der Waals surface area contributed by atoms with Crippen LogP contribution in [0.1, 0.15) is 31.4 Å². The van der Waals surface area contributed by atoms with E-state index in [0.717, 1.165) is 38.2 Å². The van der Waals surface area contributed by atoms with E-state index in [1.54, 1.807) is 0 Å². The van der Waals surface area contributed by atoms with Crippen molar-refractivity contribution in [2.24, 2.45) is 5.92 Å². The summed E-state index contributed by atoms with van der Waals surface area (Å²) in [6.45, 7) is 3.44. The van der Waals surface area contributed by atoms with E-state index in [0.29, 0.717) is 12.5 Å². The van der Waals surface area contributed by atoms with E-state index in [-0.39, 0.29) is 18.6 Å². The van der Waals surface area contributed by atoms with Crippen LogP contribution in [0.5, 0.6) is 0 Å². The number of hydrogen-bond donors (Lipinski definition) is 0. The second kappa shape index (κ2) is 7.45. The summed E-state index contributed by atoms with van der Waals surface area (Å²) in [4.78, 5) is 16.8. The number of carbonyl (C=O) groups is 1. The second-order valence-corrected chi connectivity index (χ2v) is 7.12. The van der Waals surface area contributed by atoms with Gasteiger partial charge in [-0.3, -0.25) is 9.48 Å². The van der Waals surface area contributed by atoms with E-state index in [1.807, 2.05) is 21.8 Å². The largest absolute Gasteiger partial charge is 0.368 e. The van der Waals surface area contributed by atoms with Gasteiger partial charge in [-0.2, -0.15) is 5.10 Å². The van der Waals surface area contributed by atoms with Crippen molar-refractivity contribution in [1.82, 2.24) is 19.6 Å². The fraction of sp³-hybridized carbons (Fsp3) is 0.765. The third kappa shape index (κ3) is 4.32. The van der Waals surface area contributed by atoms with Gasteiger partial charge >= 0.3 is 0 Å². The van der Waals surface area contributed by atoms with Gasteiger partial charge in [0.15, 0.2) is 0 Å². The fourth-order valence-corrected chi connectivity index (χ4v) is 3.69. The number of ether oxygens (including phenoxy) is 1. The lowest BCUT2D eigenvalue weighted by Crippen LogP contribution is -2.39. The van der Waals surface area contributed by atoms with Crippen LogP contribution in [0.2, 0.25) is 0 Å². The lowest BCUT2D eigenvalue weighted by Gasteiger charge is -2.26. The minimum absolute atomic E-state index is 0.107. The first-order chi connectivity index (χ1) is 11.1. The molecule has 23 heavy (non-hydrogen) atoms. The Labute approximate surface area is 138 Å². The third-order valence-corrected chi connectivity index (χ3v) is 4.79. The van der Waals surface area contributed by atoms with Gasteiger partial charge in [0.25, 0.3) is 0 Å². The Hall–Kier alpha value is -1.40. The summed E-state index contributed by atoms with van der Waals surface area (Å²) in [6.07, 6.45) is 6.77. The number of amides is 1. The smallest absolute Gasteiger partial charge is 0.248 e. The molecule has 0 spiro atoms. The average molecular weight is 320 g/mol. The molecular formula is C17H28N4O2. The van der Waals surface area contributed by atoms with Gasteiger partial charge in [-0.05, 0) is 33.0 Å². The Kier molecular flexibility index (Phi) is 5.33. The van der Waals surface area contributed by atoms with E-state index < -0.39 is 0 Å². The number of carbonyl (C=O) groups excluding carboxylic acids is 1. The number of nitrogens with zero attached hydrogens (tertiary/aromatic N) is 4. The molecule has 3 rings (SSSR count). The van der Waals surface area contributed by atoms with Crippen LogP contribution in [-0.2, 0) is 22.6 Å². The maximum Gasteiger partial charge on any atom is 0.248 e. The summed E-state index contributed by atoms with van der Waals surface area (Å²) in [5.74, 6) is 0.497. The van der Waals surface area contributed by atoms with Crippen molar-refractivity contribution < 1.29 is 9.53 Å². The normalized spacial score (nSPS) is 22.4. The highest BCUT2D eigenvalue weighted by atomic mass is 16.5. The highest BCUT2D eigenvalue weighted by Crippen LogP contribution is 2.21. The molecule has 0 bridgehead atoms. The van der Waals surface area contributed by atoms with E-state index in [2.05, 4.69) is 24.1 Å². The summed E-state index contributed by atoms with van der Waals surface area (Å²) in [7, 11) is 4.15. The van der Waals surface area contributed by atoms with E-state index in [4.69, 9.17) is 4.74 Å². The SMILES string of the molecule is CN(C)CC1CN(C(=O)COC2CCCC2)Cc2ccnn2C1. The Bertz CT molecular complexity index is 522. The molecular weight excluding hydrogens is 292 g/mol. The second-order valence-electron chi connectivity index (χ2n) is 7.12. The summed E-state index contributed by atoms with van der Waals surface area (Å²) in [5.41, 5.74) is 1.11. The quantitative estimate of drug-likeness (QED) is 0.822. The standard InChI is InChI=1S/C17H28N4O2/c1-19(2)9-14-10-20(12-15-7-8-18-21(15)11-14)17(22)13-23-16-5-3-4-6-16/h7-8,14,16H,3-6,9-13H2,1-2H3. The van der Waals surface area contributed by atoms with Gasteiger partial charge in [0, 0.05) is 31.7 Å². The zero-order valence-corrected chi connectivity index (χ0v) is 14.3. The first kappa shape index (κ1) is 16.5. The average Bonchev–Trinajstić information content (AvgIpc) is 3.13. The minimum Gasteiger partial charge on any atom is -0.368 e. The lowest BCUT2D eigenvalue weighted by atomic mass is 10.1. The van der Waals surface area contributed by atoms with Crippen molar-refractivity contribution in [3.8, 4) is 0 Å². The molecule has 1 aliphatic carbocycles. The van der Waals surface area contributed by atoms with Crippen LogP contribution >= 0.6 is 0 Å². The highest BCUT2D eigenvalue weighted by molar-refractivity contribution is 5.77. The van der Waals surface area contributed by atoms with Gasteiger partial charge in [-0.25, -0.2) is 0 Å². The molecule has 1 aliphatic heterocycles. The molecule has 128 valence electrons. The lowest BCUT2D eigenvalue weighted by molar-refractivity contribution is -0.139. The maximum absolute atomic E-state index is 12.6. The van der Waals surface area contributed by atoms with Crippen LogP contribution in [0.15, 0.2) is 12.3 Å². The molecule has 0 saturated heterocycles. The molecule has 1 fully saturated rings. The Morgan fingerprint density at radius 1 is 1.35 bits per heavy atom. The third-order valence-electron chi connectivity index (χ3n) is 4.79. The topological polar surface area (TPSA) is 50.6 Å². The van der Waals surface area contributed by atoms with Crippen LogP contribution in [-0.4, -0.2) is 65.4 Å². The minimum atomic E-state index is 0.107. The van der Waals surface area contributed by atoms with Crippen LogP contribution in [0, 0.1) is 5.92 Å². The summed E-state index contributed by atoms with van der Waals surface area (Å²) in [5, 5.41) is 4.41. The molecule has 6 heteroatoms. The highest BCUT2D eigenvalue weighted by Gasteiger charge is 2.26. The molecule has 1 amide bonds. The molecule has 1 atom stereocenters. The van der Waals surface area contributed by atoms with Crippen LogP contribution in [0.3, 0.4) is 0 Å². The molecule has 6 nitrogen and oxygen atoms in total. The van der Waals surface area contributed by atoms with Crippen LogP contribution in [0.4, 0.5) is 0 Å². The molecule has 1 unspecified atom stereocenters.